The first-order valence-corrected chi connectivity index (χ1v) is 5.63. The summed E-state index contributed by atoms with van der Waals surface area (Å²) in [6.45, 7) is 0. The molecular weight excluding hydrogens is 232 g/mol. The molecule has 0 saturated carbocycles. The van der Waals surface area contributed by atoms with Crippen molar-refractivity contribution >= 4 is 6.01 Å². The summed E-state index contributed by atoms with van der Waals surface area (Å²) in [5.74, 6) is 1.59. The van der Waals surface area contributed by atoms with E-state index in [0.717, 1.165) is 35.6 Å². The van der Waals surface area contributed by atoms with Gasteiger partial charge in [0, 0.05) is 6.07 Å². The number of hydrogen-bond acceptors (Lipinski definition) is 5. The maximum Gasteiger partial charge on any atom is 0.292 e. The maximum absolute atomic E-state index is 5.42. The lowest BCUT2D eigenvalue weighted by Gasteiger charge is -2.09. The van der Waals surface area contributed by atoms with Crippen molar-refractivity contribution in [1.29, 1.82) is 0 Å². The summed E-state index contributed by atoms with van der Waals surface area (Å²) in [6, 6.07) is 5.97. The second-order valence-corrected chi connectivity index (χ2v) is 3.85. The number of nitrogens with zero attached hydrogens (tertiary/aromatic N) is 1. The molecule has 0 aliphatic heterocycles. The van der Waals surface area contributed by atoms with Gasteiger partial charge in [0.2, 0.25) is 0 Å². The maximum atomic E-state index is 5.42. The molecule has 0 amide bonds. The van der Waals surface area contributed by atoms with Gasteiger partial charge in [-0.3, -0.25) is 0 Å². The lowest BCUT2D eigenvalue weighted by Crippen LogP contribution is -1.97. The Bertz CT molecular complexity index is 523. The van der Waals surface area contributed by atoms with E-state index in [-0.39, 0.29) is 6.01 Å². The molecule has 0 spiro atoms. The first kappa shape index (κ1) is 12.3. The lowest BCUT2D eigenvalue weighted by molar-refractivity contribution is 0.391. The molecule has 0 unspecified atom stereocenters. The fourth-order valence-electron chi connectivity index (χ4n) is 1.76. The molecule has 0 aliphatic rings. The highest BCUT2D eigenvalue weighted by Crippen LogP contribution is 2.25. The summed E-state index contributed by atoms with van der Waals surface area (Å²) in [7, 11) is 3.28. The number of hydrogen-bond donors (Lipinski definition) is 1. The Morgan fingerprint density at radius 1 is 1.22 bits per heavy atom. The van der Waals surface area contributed by atoms with Gasteiger partial charge in [-0.05, 0) is 24.5 Å². The first-order chi connectivity index (χ1) is 8.72. The summed E-state index contributed by atoms with van der Waals surface area (Å²) >= 11 is 0. The number of anilines is 1. The van der Waals surface area contributed by atoms with Crippen molar-refractivity contribution in [2.24, 2.45) is 0 Å². The van der Waals surface area contributed by atoms with E-state index < -0.39 is 0 Å². The normalized spacial score (nSPS) is 10.3. The molecule has 0 saturated heterocycles. The Hall–Kier alpha value is -2.17. The van der Waals surface area contributed by atoms with Gasteiger partial charge in [-0.15, -0.1) is 0 Å². The standard InChI is InChI=1S/C13H16N2O3/c1-16-11-6-4-9(12(7-11)17-2)3-5-10-8-18-13(14)15-10/h4,6-8H,3,5H2,1-2H3,(H2,14,15). The summed E-state index contributed by atoms with van der Waals surface area (Å²) in [6.07, 6.45) is 3.13. The molecule has 2 rings (SSSR count). The van der Waals surface area contributed by atoms with E-state index in [4.69, 9.17) is 19.6 Å². The Balaban J connectivity index is 2.08. The average Bonchev–Trinajstić information content (AvgIpc) is 2.82. The molecule has 0 radical (unpaired) electrons. The molecule has 1 heterocycles. The van der Waals surface area contributed by atoms with Crippen molar-refractivity contribution in [3.05, 3.63) is 35.7 Å². The molecule has 0 bridgehead atoms. The third kappa shape index (κ3) is 2.74. The van der Waals surface area contributed by atoms with Crippen molar-refractivity contribution < 1.29 is 13.9 Å². The van der Waals surface area contributed by atoms with Gasteiger partial charge in [0.15, 0.2) is 0 Å². The monoisotopic (exact) mass is 248 g/mol. The SMILES string of the molecule is COc1ccc(CCc2coc(N)n2)c(OC)c1. The van der Waals surface area contributed by atoms with Crippen LogP contribution in [0.25, 0.3) is 0 Å². The van der Waals surface area contributed by atoms with E-state index >= 15 is 0 Å². The molecule has 2 aromatic rings. The van der Waals surface area contributed by atoms with Crippen LogP contribution >= 0.6 is 0 Å². The fourth-order valence-corrected chi connectivity index (χ4v) is 1.76. The molecule has 0 aliphatic carbocycles. The summed E-state index contributed by atoms with van der Waals surface area (Å²) in [5, 5.41) is 0. The predicted molar refractivity (Wildman–Crippen MR) is 67.9 cm³/mol. The Labute approximate surface area is 106 Å². The van der Waals surface area contributed by atoms with Crippen LogP contribution in [0.2, 0.25) is 0 Å². The quantitative estimate of drug-likeness (QED) is 0.877. The van der Waals surface area contributed by atoms with Crippen LogP contribution in [0, 0.1) is 0 Å². The Morgan fingerprint density at radius 3 is 2.67 bits per heavy atom. The van der Waals surface area contributed by atoms with E-state index in [9.17, 15) is 0 Å². The second kappa shape index (κ2) is 5.44. The molecule has 0 fully saturated rings. The van der Waals surface area contributed by atoms with Crippen LogP contribution < -0.4 is 15.2 Å². The zero-order valence-electron chi connectivity index (χ0n) is 10.5. The van der Waals surface area contributed by atoms with E-state index in [1.54, 1.807) is 20.5 Å². The van der Waals surface area contributed by atoms with Gasteiger partial charge in [-0.2, -0.15) is 4.98 Å². The molecule has 0 atom stereocenters. The van der Waals surface area contributed by atoms with Gasteiger partial charge in [-0.1, -0.05) is 6.07 Å². The minimum Gasteiger partial charge on any atom is -0.497 e. The van der Waals surface area contributed by atoms with E-state index in [0.29, 0.717) is 0 Å². The Morgan fingerprint density at radius 2 is 2.06 bits per heavy atom. The van der Waals surface area contributed by atoms with E-state index in [1.165, 1.54) is 0 Å². The molecule has 1 aromatic carbocycles. The van der Waals surface area contributed by atoms with Crippen LogP contribution in [0.5, 0.6) is 11.5 Å². The fraction of sp³-hybridized carbons (Fsp3) is 0.308. The average molecular weight is 248 g/mol. The third-order valence-corrected chi connectivity index (χ3v) is 2.71. The van der Waals surface area contributed by atoms with Crippen LogP contribution in [0.4, 0.5) is 6.01 Å². The molecule has 5 heteroatoms. The largest absolute Gasteiger partial charge is 0.497 e. The van der Waals surface area contributed by atoms with Gasteiger partial charge in [0.1, 0.15) is 17.8 Å². The van der Waals surface area contributed by atoms with Gasteiger partial charge < -0.3 is 19.6 Å². The highest BCUT2D eigenvalue weighted by Gasteiger charge is 2.07. The molecule has 2 N–H and O–H groups in total. The summed E-state index contributed by atoms with van der Waals surface area (Å²) in [5.41, 5.74) is 7.36. The van der Waals surface area contributed by atoms with Crippen LogP contribution in [-0.2, 0) is 12.8 Å². The van der Waals surface area contributed by atoms with Crippen molar-refractivity contribution in [2.45, 2.75) is 12.8 Å². The second-order valence-electron chi connectivity index (χ2n) is 3.85. The smallest absolute Gasteiger partial charge is 0.292 e. The zero-order chi connectivity index (χ0) is 13.0. The minimum absolute atomic E-state index is 0.201. The lowest BCUT2D eigenvalue weighted by atomic mass is 10.1. The molecular formula is C13H16N2O3. The number of aryl methyl sites for hydroxylation is 2. The number of rotatable bonds is 5. The summed E-state index contributed by atoms with van der Waals surface area (Å²) in [4.78, 5) is 4.06. The van der Waals surface area contributed by atoms with E-state index in [2.05, 4.69) is 4.98 Å². The highest BCUT2D eigenvalue weighted by atomic mass is 16.5. The number of ether oxygens (including phenoxy) is 2. The molecule has 96 valence electrons. The minimum atomic E-state index is 0.201. The van der Waals surface area contributed by atoms with Gasteiger partial charge in [0.25, 0.3) is 6.01 Å². The molecule has 18 heavy (non-hydrogen) atoms. The Kier molecular flexibility index (Phi) is 3.72. The summed E-state index contributed by atoms with van der Waals surface area (Å²) < 4.78 is 15.4. The van der Waals surface area contributed by atoms with Crippen molar-refractivity contribution in [1.82, 2.24) is 4.98 Å². The number of aromatic nitrogens is 1. The van der Waals surface area contributed by atoms with Gasteiger partial charge >= 0.3 is 0 Å². The number of benzene rings is 1. The number of nitrogen functional groups attached to an aromatic ring is 1. The first-order valence-electron chi connectivity index (χ1n) is 5.63. The number of nitrogens with two attached hydrogens (primary N) is 1. The van der Waals surface area contributed by atoms with Crippen molar-refractivity contribution in [3.8, 4) is 11.5 Å². The van der Waals surface area contributed by atoms with Gasteiger partial charge in [-0.25, -0.2) is 0 Å². The topological polar surface area (TPSA) is 70.5 Å². The number of methoxy groups -OCH3 is 2. The molecule has 1 aromatic heterocycles. The van der Waals surface area contributed by atoms with Crippen molar-refractivity contribution in [3.63, 3.8) is 0 Å². The highest BCUT2D eigenvalue weighted by molar-refractivity contribution is 5.41. The predicted octanol–water partition coefficient (Wildman–Crippen LogP) is 2.06. The zero-order valence-corrected chi connectivity index (χ0v) is 10.5. The van der Waals surface area contributed by atoms with Crippen LogP contribution in [0.1, 0.15) is 11.3 Å². The molecule has 5 nitrogen and oxygen atoms in total. The van der Waals surface area contributed by atoms with Crippen LogP contribution in [0.15, 0.2) is 28.9 Å². The third-order valence-electron chi connectivity index (χ3n) is 2.71. The van der Waals surface area contributed by atoms with Crippen LogP contribution in [0.3, 0.4) is 0 Å². The van der Waals surface area contributed by atoms with Crippen LogP contribution in [-0.4, -0.2) is 19.2 Å². The van der Waals surface area contributed by atoms with Crippen molar-refractivity contribution in [2.75, 3.05) is 20.0 Å². The van der Waals surface area contributed by atoms with Gasteiger partial charge in [0.05, 0.1) is 19.9 Å². The van der Waals surface area contributed by atoms with E-state index in [1.807, 2.05) is 18.2 Å². The number of oxazole rings is 1.